The van der Waals surface area contributed by atoms with Gasteiger partial charge in [0.25, 0.3) is 0 Å². The monoisotopic (exact) mass is 259 g/mol. The Balaban J connectivity index is 1.90. The van der Waals surface area contributed by atoms with Crippen LogP contribution < -0.4 is 5.73 Å². The molecular weight excluding hydrogens is 242 g/mol. The molecule has 5 nitrogen and oxygen atoms in total. The van der Waals surface area contributed by atoms with E-state index in [1.807, 2.05) is 24.3 Å². The van der Waals surface area contributed by atoms with Crippen LogP contribution >= 0.6 is 0 Å². The Morgan fingerprint density at radius 3 is 3.11 bits per heavy atom. The fourth-order valence-corrected chi connectivity index (χ4v) is 2.58. The summed E-state index contributed by atoms with van der Waals surface area (Å²) in [6, 6.07) is 7.83. The summed E-state index contributed by atoms with van der Waals surface area (Å²) in [4.78, 5) is 0. The van der Waals surface area contributed by atoms with Crippen molar-refractivity contribution in [3.05, 3.63) is 36.0 Å². The summed E-state index contributed by atoms with van der Waals surface area (Å²) >= 11 is 0. The predicted molar refractivity (Wildman–Crippen MR) is 73.4 cm³/mol. The highest BCUT2D eigenvalue weighted by Crippen LogP contribution is 2.21. The van der Waals surface area contributed by atoms with Crippen molar-refractivity contribution in [2.24, 2.45) is 10.9 Å². The molecule has 1 atom stereocenters. The molecule has 1 aliphatic rings. The summed E-state index contributed by atoms with van der Waals surface area (Å²) in [5.41, 5.74) is 7.47. The number of nitrogens with two attached hydrogens (primary N) is 1. The average Bonchev–Trinajstić information content (AvgIpc) is 3.08. The number of rotatable bonds is 3. The highest BCUT2D eigenvalue weighted by molar-refractivity contribution is 6.00. The summed E-state index contributed by atoms with van der Waals surface area (Å²) in [6.07, 6.45) is 4.65. The Bertz CT molecular complexity index is 612. The predicted octanol–water partition coefficient (Wildman–Crippen LogP) is 1.91. The van der Waals surface area contributed by atoms with Crippen molar-refractivity contribution < 1.29 is 9.94 Å². The molecule has 0 spiro atoms. The molecule has 0 saturated carbocycles. The van der Waals surface area contributed by atoms with Crippen LogP contribution in [0.1, 0.15) is 18.4 Å². The second-order valence-electron chi connectivity index (χ2n) is 4.86. The van der Waals surface area contributed by atoms with E-state index >= 15 is 0 Å². The summed E-state index contributed by atoms with van der Waals surface area (Å²) in [5, 5.41) is 12.8. The molecule has 100 valence electrons. The normalized spacial score (nSPS) is 20.2. The van der Waals surface area contributed by atoms with Crippen LogP contribution in [-0.2, 0) is 11.3 Å². The zero-order valence-electron chi connectivity index (χ0n) is 10.6. The number of oxime groups is 1. The molecule has 1 aromatic carbocycles. The molecule has 3 rings (SSSR count). The van der Waals surface area contributed by atoms with Gasteiger partial charge >= 0.3 is 0 Å². The Morgan fingerprint density at radius 1 is 1.47 bits per heavy atom. The summed E-state index contributed by atoms with van der Waals surface area (Å²) in [6.45, 7) is 1.75. The topological polar surface area (TPSA) is 72.8 Å². The van der Waals surface area contributed by atoms with Crippen molar-refractivity contribution in [3.63, 3.8) is 0 Å². The van der Waals surface area contributed by atoms with E-state index in [1.54, 1.807) is 0 Å². The Kier molecular flexibility index (Phi) is 3.13. The van der Waals surface area contributed by atoms with Gasteiger partial charge in [-0.25, -0.2) is 0 Å². The fraction of sp³-hybridized carbons (Fsp3) is 0.357. The molecule has 1 saturated heterocycles. The number of hydrogen-bond acceptors (Lipinski definition) is 3. The first-order valence-electron chi connectivity index (χ1n) is 6.46. The van der Waals surface area contributed by atoms with Gasteiger partial charge in [0.2, 0.25) is 0 Å². The Hall–Kier alpha value is -2.01. The lowest BCUT2D eigenvalue weighted by Crippen LogP contribution is -2.14. The maximum absolute atomic E-state index is 8.70. The second kappa shape index (κ2) is 4.93. The van der Waals surface area contributed by atoms with Gasteiger partial charge in [0.1, 0.15) is 0 Å². The first-order chi connectivity index (χ1) is 9.28. The molecule has 1 unspecified atom stereocenters. The van der Waals surface area contributed by atoms with Gasteiger partial charge in [0, 0.05) is 35.8 Å². The van der Waals surface area contributed by atoms with Crippen LogP contribution in [0, 0.1) is 0 Å². The second-order valence-corrected chi connectivity index (χ2v) is 4.86. The lowest BCUT2D eigenvalue weighted by molar-refractivity contribution is 0.0980. The van der Waals surface area contributed by atoms with Crippen molar-refractivity contribution in [3.8, 4) is 0 Å². The molecule has 1 aromatic heterocycles. The third kappa shape index (κ3) is 2.29. The zero-order valence-corrected chi connectivity index (χ0v) is 10.6. The van der Waals surface area contributed by atoms with Gasteiger partial charge in [-0.1, -0.05) is 5.16 Å². The first-order valence-corrected chi connectivity index (χ1v) is 6.46. The Labute approximate surface area is 111 Å². The molecule has 2 aromatic rings. The highest BCUT2D eigenvalue weighted by Gasteiger charge is 2.16. The van der Waals surface area contributed by atoms with Crippen molar-refractivity contribution in [1.29, 1.82) is 0 Å². The third-order valence-corrected chi connectivity index (χ3v) is 3.60. The van der Waals surface area contributed by atoms with Gasteiger partial charge in [-0.3, -0.25) is 0 Å². The van der Waals surface area contributed by atoms with Gasteiger partial charge in [-0.15, -0.1) is 0 Å². The van der Waals surface area contributed by atoms with E-state index in [9.17, 15) is 0 Å². The van der Waals surface area contributed by atoms with E-state index in [2.05, 4.69) is 15.9 Å². The number of nitrogens with zero attached hydrogens (tertiary/aromatic N) is 2. The highest BCUT2D eigenvalue weighted by atomic mass is 16.5. The van der Waals surface area contributed by atoms with Crippen molar-refractivity contribution in [1.82, 2.24) is 4.57 Å². The van der Waals surface area contributed by atoms with E-state index in [-0.39, 0.29) is 5.84 Å². The molecule has 19 heavy (non-hydrogen) atoms. The lowest BCUT2D eigenvalue weighted by atomic mass is 10.1. The molecular formula is C14H17N3O2. The van der Waals surface area contributed by atoms with Gasteiger partial charge in [-0.2, -0.15) is 0 Å². The van der Waals surface area contributed by atoms with E-state index in [0.29, 0.717) is 6.10 Å². The molecule has 0 amide bonds. The molecule has 0 bridgehead atoms. The number of hydrogen-bond donors (Lipinski definition) is 2. The number of benzene rings is 1. The Morgan fingerprint density at radius 2 is 2.37 bits per heavy atom. The fourth-order valence-electron chi connectivity index (χ4n) is 2.58. The summed E-state index contributed by atoms with van der Waals surface area (Å²) < 4.78 is 7.86. The van der Waals surface area contributed by atoms with Crippen LogP contribution in [-0.4, -0.2) is 28.3 Å². The van der Waals surface area contributed by atoms with Crippen LogP contribution in [0.25, 0.3) is 10.9 Å². The van der Waals surface area contributed by atoms with Crippen molar-refractivity contribution in [2.45, 2.75) is 25.5 Å². The minimum atomic E-state index is 0.133. The maximum atomic E-state index is 8.70. The third-order valence-electron chi connectivity index (χ3n) is 3.60. The van der Waals surface area contributed by atoms with Crippen LogP contribution in [0.2, 0.25) is 0 Å². The number of amidine groups is 1. The largest absolute Gasteiger partial charge is 0.409 e. The van der Waals surface area contributed by atoms with E-state index < -0.39 is 0 Å². The molecule has 1 fully saturated rings. The SMILES string of the molecule is N/C(=N/O)c1ccc2c(ccn2CC2CCCO2)c1. The lowest BCUT2D eigenvalue weighted by Gasteiger charge is -2.11. The minimum absolute atomic E-state index is 0.133. The summed E-state index contributed by atoms with van der Waals surface area (Å²) in [5.74, 6) is 0.133. The quantitative estimate of drug-likeness (QED) is 0.383. The number of aromatic nitrogens is 1. The van der Waals surface area contributed by atoms with Crippen molar-refractivity contribution in [2.75, 3.05) is 6.61 Å². The first kappa shape index (κ1) is 12.0. The van der Waals surface area contributed by atoms with Gasteiger partial charge in [-0.05, 0) is 37.1 Å². The molecule has 3 N–H and O–H groups in total. The number of ether oxygens (including phenoxy) is 1. The van der Waals surface area contributed by atoms with Crippen LogP contribution in [0.15, 0.2) is 35.6 Å². The average molecular weight is 259 g/mol. The van der Waals surface area contributed by atoms with E-state index in [1.165, 1.54) is 0 Å². The van der Waals surface area contributed by atoms with Crippen LogP contribution in [0.4, 0.5) is 0 Å². The standard InChI is InChI=1S/C14H17N3O2/c15-14(16-18)11-3-4-13-10(8-11)5-6-17(13)9-12-2-1-7-19-12/h3-6,8,12,18H,1-2,7,9H2,(H2,15,16). The van der Waals surface area contributed by atoms with Gasteiger partial charge in [0.05, 0.1) is 6.10 Å². The van der Waals surface area contributed by atoms with E-state index in [4.69, 9.17) is 15.7 Å². The van der Waals surface area contributed by atoms with Gasteiger partial charge < -0.3 is 20.2 Å². The zero-order chi connectivity index (χ0) is 13.2. The molecule has 5 heteroatoms. The molecule has 2 heterocycles. The molecule has 0 aliphatic carbocycles. The minimum Gasteiger partial charge on any atom is -0.409 e. The van der Waals surface area contributed by atoms with E-state index in [0.717, 1.165) is 42.5 Å². The molecule has 0 radical (unpaired) electrons. The smallest absolute Gasteiger partial charge is 0.170 e. The van der Waals surface area contributed by atoms with Crippen molar-refractivity contribution >= 4 is 16.7 Å². The van der Waals surface area contributed by atoms with Gasteiger partial charge in [0.15, 0.2) is 5.84 Å². The van der Waals surface area contributed by atoms with Crippen LogP contribution in [0.3, 0.4) is 0 Å². The molecule has 1 aliphatic heterocycles. The summed E-state index contributed by atoms with van der Waals surface area (Å²) in [7, 11) is 0. The van der Waals surface area contributed by atoms with Crippen LogP contribution in [0.5, 0.6) is 0 Å². The maximum Gasteiger partial charge on any atom is 0.170 e. The number of fused-ring (bicyclic) bond motifs is 1.